The van der Waals surface area contributed by atoms with Gasteiger partial charge in [0.2, 0.25) is 0 Å². The molecule has 2 heterocycles. The van der Waals surface area contributed by atoms with E-state index in [2.05, 4.69) is 46.6 Å². The van der Waals surface area contributed by atoms with Crippen molar-refractivity contribution in [3.8, 4) is 0 Å². The summed E-state index contributed by atoms with van der Waals surface area (Å²) in [5, 5.41) is 17.7. The number of hydrogen-bond donors (Lipinski definition) is 2. The van der Waals surface area contributed by atoms with E-state index >= 15 is 0 Å². The van der Waals surface area contributed by atoms with E-state index in [1.54, 1.807) is 0 Å². The molecule has 4 rings (SSSR count). The molecule has 1 aromatic heterocycles. The van der Waals surface area contributed by atoms with Gasteiger partial charge in [-0.05, 0) is 31.7 Å². The van der Waals surface area contributed by atoms with Crippen LogP contribution >= 0.6 is 0 Å². The molecule has 2 N–H and O–H groups in total. The van der Waals surface area contributed by atoms with Crippen molar-refractivity contribution in [2.24, 2.45) is 0 Å². The van der Waals surface area contributed by atoms with Gasteiger partial charge in [0.05, 0.1) is 6.10 Å². The minimum atomic E-state index is -0.188. The van der Waals surface area contributed by atoms with E-state index in [1.807, 2.05) is 0 Å². The Morgan fingerprint density at radius 2 is 2.12 bits per heavy atom. The maximum atomic E-state index is 9.71. The largest absolute Gasteiger partial charge is 0.392 e. The van der Waals surface area contributed by atoms with Gasteiger partial charge in [0, 0.05) is 44.2 Å². The SMILES string of the molecule is Cc1ccc(CNC2CCc3onc(CN4CC[C@@H](O)C4)c3C2)cc1. The van der Waals surface area contributed by atoms with Crippen LogP contribution in [0.2, 0.25) is 0 Å². The first-order valence-electron chi connectivity index (χ1n) is 9.33. The average molecular weight is 341 g/mol. The quantitative estimate of drug-likeness (QED) is 0.873. The first kappa shape index (κ1) is 16.8. The van der Waals surface area contributed by atoms with Gasteiger partial charge >= 0.3 is 0 Å². The number of likely N-dealkylation sites (tertiary alicyclic amines) is 1. The molecular formula is C20H27N3O2. The Kier molecular flexibility index (Phi) is 4.88. The van der Waals surface area contributed by atoms with Crippen LogP contribution in [0.25, 0.3) is 0 Å². The lowest BCUT2D eigenvalue weighted by Crippen LogP contribution is -2.34. The van der Waals surface area contributed by atoms with E-state index < -0.39 is 0 Å². The van der Waals surface area contributed by atoms with Crippen molar-refractivity contribution in [3.05, 3.63) is 52.4 Å². The lowest BCUT2D eigenvalue weighted by molar-refractivity contribution is 0.173. The van der Waals surface area contributed by atoms with Crippen molar-refractivity contribution >= 4 is 0 Å². The van der Waals surface area contributed by atoms with Gasteiger partial charge < -0.3 is 14.9 Å². The highest BCUT2D eigenvalue weighted by Gasteiger charge is 2.28. The molecule has 2 aromatic rings. The number of aryl methyl sites for hydroxylation is 2. The Bertz CT molecular complexity index is 710. The molecule has 2 atom stereocenters. The summed E-state index contributed by atoms with van der Waals surface area (Å²) < 4.78 is 5.58. The van der Waals surface area contributed by atoms with E-state index in [0.29, 0.717) is 6.04 Å². The minimum absolute atomic E-state index is 0.188. The molecule has 0 bridgehead atoms. The van der Waals surface area contributed by atoms with Crippen molar-refractivity contribution in [1.29, 1.82) is 0 Å². The zero-order valence-electron chi connectivity index (χ0n) is 14.9. The molecule has 5 nitrogen and oxygen atoms in total. The summed E-state index contributed by atoms with van der Waals surface area (Å²) in [4.78, 5) is 2.27. The third-order valence-electron chi connectivity index (χ3n) is 5.46. The van der Waals surface area contributed by atoms with Crippen molar-refractivity contribution in [3.63, 3.8) is 0 Å². The summed E-state index contributed by atoms with van der Waals surface area (Å²) in [6, 6.07) is 9.19. The number of fused-ring (bicyclic) bond motifs is 1. The molecule has 0 spiro atoms. The second-order valence-electron chi connectivity index (χ2n) is 7.51. The molecule has 0 saturated carbocycles. The predicted octanol–water partition coefficient (Wildman–Crippen LogP) is 2.20. The van der Waals surface area contributed by atoms with E-state index in [-0.39, 0.29) is 6.10 Å². The van der Waals surface area contributed by atoms with Crippen LogP contribution in [-0.4, -0.2) is 40.4 Å². The highest BCUT2D eigenvalue weighted by Crippen LogP contribution is 2.26. The highest BCUT2D eigenvalue weighted by atomic mass is 16.5. The lowest BCUT2D eigenvalue weighted by Gasteiger charge is -2.23. The second-order valence-corrected chi connectivity index (χ2v) is 7.51. The number of β-amino-alcohol motifs (C(OH)–C–C–N with tert-alkyl or cyclic N) is 1. The second kappa shape index (κ2) is 7.28. The minimum Gasteiger partial charge on any atom is -0.392 e. The first-order valence-corrected chi connectivity index (χ1v) is 9.33. The number of aliphatic hydroxyl groups excluding tert-OH is 1. The standard InChI is InChI=1S/C20H27N3O2/c1-14-2-4-15(5-3-14)11-21-16-6-7-20-18(10-16)19(22-25-20)13-23-9-8-17(24)12-23/h2-5,16-17,21,24H,6-13H2,1H3/t16?,17-/m1/s1. The number of hydrogen-bond acceptors (Lipinski definition) is 5. The Balaban J connectivity index is 1.36. The van der Waals surface area contributed by atoms with Crippen LogP contribution in [-0.2, 0) is 25.9 Å². The van der Waals surface area contributed by atoms with Gasteiger partial charge in [-0.1, -0.05) is 35.0 Å². The topological polar surface area (TPSA) is 61.5 Å². The molecule has 1 aliphatic heterocycles. The molecule has 1 fully saturated rings. The van der Waals surface area contributed by atoms with E-state index in [4.69, 9.17) is 4.52 Å². The monoisotopic (exact) mass is 341 g/mol. The summed E-state index contributed by atoms with van der Waals surface area (Å²) in [5.41, 5.74) is 4.97. The number of rotatable bonds is 5. The summed E-state index contributed by atoms with van der Waals surface area (Å²) in [7, 11) is 0. The molecular weight excluding hydrogens is 314 g/mol. The number of nitrogens with one attached hydrogen (secondary N) is 1. The Morgan fingerprint density at radius 3 is 2.88 bits per heavy atom. The average Bonchev–Trinajstić information content (AvgIpc) is 3.21. The Labute approximate surface area is 149 Å². The first-order chi connectivity index (χ1) is 12.2. The number of aromatic nitrogens is 1. The summed E-state index contributed by atoms with van der Waals surface area (Å²) in [5.74, 6) is 1.06. The van der Waals surface area contributed by atoms with Crippen molar-refractivity contribution in [2.75, 3.05) is 13.1 Å². The lowest BCUT2D eigenvalue weighted by atomic mass is 9.91. The van der Waals surface area contributed by atoms with E-state index in [9.17, 15) is 5.11 Å². The van der Waals surface area contributed by atoms with Crippen LogP contribution in [0.5, 0.6) is 0 Å². The molecule has 1 aromatic carbocycles. The number of benzene rings is 1. The normalized spacial score (nSPS) is 23.8. The molecule has 5 heteroatoms. The van der Waals surface area contributed by atoms with Crippen LogP contribution in [0.15, 0.2) is 28.8 Å². The van der Waals surface area contributed by atoms with Gasteiger partial charge in [0.15, 0.2) is 0 Å². The molecule has 1 saturated heterocycles. The van der Waals surface area contributed by atoms with Crippen LogP contribution in [0, 0.1) is 6.92 Å². The van der Waals surface area contributed by atoms with Crippen LogP contribution in [0.3, 0.4) is 0 Å². The van der Waals surface area contributed by atoms with Gasteiger partial charge in [-0.3, -0.25) is 4.90 Å². The van der Waals surface area contributed by atoms with Crippen LogP contribution < -0.4 is 5.32 Å². The third kappa shape index (κ3) is 3.94. The Hall–Kier alpha value is -1.69. The summed E-state index contributed by atoms with van der Waals surface area (Å²) >= 11 is 0. The fourth-order valence-corrected chi connectivity index (χ4v) is 3.90. The maximum Gasteiger partial charge on any atom is 0.140 e. The predicted molar refractivity (Wildman–Crippen MR) is 96.2 cm³/mol. The zero-order chi connectivity index (χ0) is 17.2. The molecule has 134 valence electrons. The van der Waals surface area contributed by atoms with Gasteiger partial charge in [-0.2, -0.15) is 0 Å². The van der Waals surface area contributed by atoms with Gasteiger partial charge in [0.25, 0.3) is 0 Å². The zero-order valence-corrected chi connectivity index (χ0v) is 14.9. The molecule has 1 aliphatic carbocycles. The molecule has 0 radical (unpaired) electrons. The summed E-state index contributed by atoms with van der Waals surface area (Å²) in [6.45, 7) is 5.50. The van der Waals surface area contributed by atoms with Crippen LogP contribution in [0.4, 0.5) is 0 Å². The van der Waals surface area contributed by atoms with Crippen molar-refractivity contribution in [2.45, 2.75) is 57.8 Å². The molecule has 2 aliphatic rings. The molecule has 0 amide bonds. The highest BCUT2D eigenvalue weighted by molar-refractivity contribution is 5.27. The van der Waals surface area contributed by atoms with Crippen molar-refractivity contribution < 1.29 is 9.63 Å². The third-order valence-corrected chi connectivity index (χ3v) is 5.46. The molecule has 1 unspecified atom stereocenters. The van der Waals surface area contributed by atoms with Gasteiger partial charge in [0.1, 0.15) is 11.5 Å². The fourth-order valence-electron chi connectivity index (χ4n) is 3.90. The van der Waals surface area contributed by atoms with Gasteiger partial charge in [-0.25, -0.2) is 0 Å². The fraction of sp³-hybridized carbons (Fsp3) is 0.550. The van der Waals surface area contributed by atoms with Crippen molar-refractivity contribution in [1.82, 2.24) is 15.4 Å². The number of aliphatic hydroxyl groups is 1. The summed E-state index contributed by atoms with van der Waals surface area (Å²) in [6.07, 6.45) is 3.70. The molecule has 25 heavy (non-hydrogen) atoms. The number of nitrogens with zero attached hydrogens (tertiary/aromatic N) is 2. The van der Waals surface area contributed by atoms with Crippen LogP contribution in [0.1, 0.15) is 41.0 Å². The maximum absolute atomic E-state index is 9.71. The van der Waals surface area contributed by atoms with E-state index in [0.717, 1.165) is 63.3 Å². The smallest absolute Gasteiger partial charge is 0.140 e. The Morgan fingerprint density at radius 1 is 1.28 bits per heavy atom. The van der Waals surface area contributed by atoms with Gasteiger partial charge in [-0.15, -0.1) is 0 Å². The van der Waals surface area contributed by atoms with E-state index in [1.165, 1.54) is 16.7 Å².